The first kappa shape index (κ1) is 13.6. The van der Waals surface area contributed by atoms with E-state index in [1.807, 2.05) is 0 Å². The number of rotatable bonds is 3. The van der Waals surface area contributed by atoms with Gasteiger partial charge in [-0.2, -0.15) is 0 Å². The molecule has 0 atom stereocenters. The van der Waals surface area contributed by atoms with Crippen molar-refractivity contribution in [2.45, 2.75) is 20.8 Å². The Morgan fingerprint density at radius 1 is 1.22 bits per heavy atom. The van der Waals surface area contributed by atoms with Gasteiger partial charge in [0.05, 0.1) is 9.85 Å². The number of hydrogen-bond donors (Lipinski definition) is 1. The van der Waals surface area contributed by atoms with E-state index in [1.54, 1.807) is 0 Å². The third-order valence-corrected chi connectivity index (χ3v) is 2.40. The summed E-state index contributed by atoms with van der Waals surface area (Å²) in [7, 11) is 0. The summed E-state index contributed by atoms with van der Waals surface area (Å²) in [5.74, 6) is -0.477. The fourth-order valence-corrected chi connectivity index (χ4v) is 1.63. The lowest BCUT2D eigenvalue weighted by atomic mass is 10.1. The highest BCUT2D eigenvalue weighted by Crippen LogP contribution is 2.37. The van der Waals surface area contributed by atoms with E-state index in [2.05, 4.69) is 5.32 Å². The topological polar surface area (TPSA) is 115 Å². The van der Waals surface area contributed by atoms with Gasteiger partial charge in [0.1, 0.15) is 11.3 Å². The number of nitro benzene ring substituents is 2. The molecule has 1 rings (SSSR count). The Morgan fingerprint density at radius 3 is 2.17 bits per heavy atom. The Kier molecular flexibility index (Phi) is 3.60. The van der Waals surface area contributed by atoms with Gasteiger partial charge in [0, 0.05) is 13.0 Å². The van der Waals surface area contributed by atoms with Crippen LogP contribution >= 0.6 is 0 Å². The van der Waals surface area contributed by atoms with Gasteiger partial charge >= 0.3 is 5.69 Å². The molecule has 1 amide bonds. The van der Waals surface area contributed by atoms with Crippen molar-refractivity contribution in [3.05, 3.63) is 37.4 Å². The molecule has 96 valence electrons. The molecule has 0 saturated carbocycles. The minimum Gasteiger partial charge on any atom is -0.320 e. The maximum Gasteiger partial charge on any atom is 0.302 e. The van der Waals surface area contributed by atoms with Gasteiger partial charge in [0.15, 0.2) is 0 Å². The average Bonchev–Trinajstić information content (AvgIpc) is 2.21. The number of aryl methyl sites for hydroxylation is 1. The van der Waals surface area contributed by atoms with E-state index in [4.69, 9.17) is 0 Å². The highest BCUT2D eigenvalue weighted by Gasteiger charge is 2.28. The molecule has 0 aliphatic heterocycles. The Morgan fingerprint density at radius 2 is 1.78 bits per heavy atom. The van der Waals surface area contributed by atoms with Crippen molar-refractivity contribution in [2.75, 3.05) is 5.32 Å². The molecule has 1 aromatic rings. The van der Waals surface area contributed by atoms with Gasteiger partial charge in [-0.15, -0.1) is 0 Å². The second kappa shape index (κ2) is 4.78. The van der Waals surface area contributed by atoms with E-state index in [-0.39, 0.29) is 22.5 Å². The normalized spacial score (nSPS) is 9.94. The lowest BCUT2D eigenvalue weighted by molar-refractivity contribution is -0.394. The van der Waals surface area contributed by atoms with E-state index < -0.39 is 21.4 Å². The molecule has 8 nitrogen and oxygen atoms in total. The van der Waals surface area contributed by atoms with Crippen molar-refractivity contribution in [1.82, 2.24) is 0 Å². The first-order chi connectivity index (χ1) is 8.25. The summed E-state index contributed by atoms with van der Waals surface area (Å²) in [4.78, 5) is 31.3. The van der Waals surface area contributed by atoms with Crippen molar-refractivity contribution in [2.24, 2.45) is 0 Å². The number of carbonyl (C=O) groups excluding carboxylic acids is 1. The minimum atomic E-state index is -0.736. The largest absolute Gasteiger partial charge is 0.320 e. The molecular formula is C10H11N3O5. The molecule has 18 heavy (non-hydrogen) atoms. The highest BCUT2D eigenvalue weighted by atomic mass is 16.6. The number of carbonyl (C=O) groups is 1. The average molecular weight is 253 g/mol. The zero-order valence-corrected chi connectivity index (χ0v) is 10.0. The maximum atomic E-state index is 11.0. The zero-order valence-electron chi connectivity index (χ0n) is 10.0. The Balaban J connectivity index is 3.62. The Bertz CT molecular complexity index is 553. The third kappa shape index (κ3) is 2.42. The van der Waals surface area contributed by atoms with Crippen LogP contribution in [0.4, 0.5) is 17.1 Å². The predicted molar refractivity (Wildman–Crippen MR) is 63.5 cm³/mol. The van der Waals surface area contributed by atoms with Crippen molar-refractivity contribution >= 4 is 23.0 Å². The fourth-order valence-electron chi connectivity index (χ4n) is 1.63. The van der Waals surface area contributed by atoms with E-state index >= 15 is 0 Å². The number of hydrogen-bond acceptors (Lipinski definition) is 5. The number of nitrogens with one attached hydrogen (secondary N) is 1. The summed E-state index contributed by atoms with van der Waals surface area (Å²) < 4.78 is 0. The van der Waals surface area contributed by atoms with Crippen LogP contribution < -0.4 is 5.32 Å². The number of nitrogens with zero attached hydrogens (tertiary/aromatic N) is 2. The van der Waals surface area contributed by atoms with Crippen molar-refractivity contribution in [1.29, 1.82) is 0 Å². The second-order valence-corrected chi connectivity index (χ2v) is 3.76. The maximum absolute atomic E-state index is 11.0. The van der Waals surface area contributed by atoms with Gasteiger partial charge in [-0.1, -0.05) is 0 Å². The van der Waals surface area contributed by atoms with Gasteiger partial charge in [-0.05, 0) is 19.4 Å². The number of nitro groups is 2. The van der Waals surface area contributed by atoms with Crippen LogP contribution in [0.25, 0.3) is 0 Å². The summed E-state index contributed by atoms with van der Waals surface area (Å²) in [5.41, 5.74) is -0.602. The summed E-state index contributed by atoms with van der Waals surface area (Å²) in [5, 5.41) is 24.1. The smallest absolute Gasteiger partial charge is 0.302 e. The van der Waals surface area contributed by atoms with Crippen LogP contribution in [0.2, 0.25) is 0 Å². The minimum absolute atomic E-state index is 0.00407. The van der Waals surface area contributed by atoms with E-state index in [9.17, 15) is 25.0 Å². The summed E-state index contributed by atoms with van der Waals surface area (Å²) in [6.45, 7) is 3.95. The van der Waals surface area contributed by atoms with Crippen LogP contribution in [-0.4, -0.2) is 15.8 Å². The summed E-state index contributed by atoms with van der Waals surface area (Å²) in [6, 6.07) is 1.20. The number of anilines is 1. The van der Waals surface area contributed by atoms with Crippen LogP contribution in [0.5, 0.6) is 0 Å². The third-order valence-electron chi connectivity index (χ3n) is 2.40. The first-order valence-corrected chi connectivity index (χ1v) is 4.96. The van der Waals surface area contributed by atoms with Gasteiger partial charge in [0.2, 0.25) is 5.91 Å². The molecule has 0 bridgehead atoms. The van der Waals surface area contributed by atoms with Crippen LogP contribution in [-0.2, 0) is 4.79 Å². The van der Waals surface area contributed by atoms with Crippen LogP contribution in [0, 0.1) is 34.1 Å². The van der Waals surface area contributed by atoms with Crippen molar-refractivity contribution in [3.8, 4) is 0 Å². The zero-order chi connectivity index (χ0) is 14.0. The van der Waals surface area contributed by atoms with Crippen LogP contribution in [0.3, 0.4) is 0 Å². The van der Waals surface area contributed by atoms with E-state index in [0.29, 0.717) is 0 Å². The molecule has 0 unspecified atom stereocenters. The molecule has 0 radical (unpaired) electrons. The molecular weight excluding hydrogens is 242 g/mol. The quantitative estimate of drug-likeness (QED) is 0.653. The molecule has 1 N–H and O–H groups in total. The molecule has 0 aliphatic rings. The molecule has 0 saturated heterocycles. The standard InChI is InChI=1S/C10H11N3O5/c1-5-4-8(12(15)16)6(2)10(13(17)18)9(5)11-7(3)14/h4H,1-3H3,(H,11,14). The lowest BCUT2D eigenvalue weighted by Gasteiger charge is -2.09. The molecule has 0 aromatic heterocycles. The molecule has 0 heterocycles. The lowest BCUT2D eigenvalue weighted by Crippen LogP contribution is -2.11. The molecule has 0 spiro atoms. The van der Waals surface area contributed by atoms with Crippen LogP contribution in [0.1, 0.15) is 18.1 Å². The van der Waals surface area contributed by atoms with Gasteiger partial charge in [-0.25, -0.2) is 0 Å². The van der Waals surface area contributed by atoms with Gasteiger partial charge in [0.25, 0.3) is 5.69 Å². The van der Waals surface area contributed by atoms with E-state index in [0.717, 1.165) is 0 Å². The van der Waals surface area contributed by atoms with E-state index in [1.165, 1.54) is 26.8 Å². The SMILES string of the molecule is CC(=O)Nc1c(C)cc([N+](=O)[O-])c(C)c1[N+](=O)[O-]. The van der Waals surface area contributed by atoms with Crippen molar-refractivity contribution in [3.63, 3.8) is 0 Å². The second-order valence-electron chi connectivity index (χ2n) is 3.76. The molecule has 0 aliphatic carbocycles. The number of benzene rings is 1. The highest BCUT2D eigenvalue weighted by molar-refractivity contribution is 5.93. The van der Waals surface area contributed by atoms with Crippen molar-refractivity contribution < 1.29 is 14.6 Å². The predicted octanol–water partition coefficient (Wildman–Crippen LogP) is 2.08. The number of amides is 1. The summed E-state index contributed by atoms with van der Waals surface area (Å²) >= 11 is 0. The fraction of sp³-hybridized carbons (Fsp3) is 0.300. The monoisotopic (exact) mass is 253 g/mol. The Hall–Kier alpha value is -2.51. The molecule has 1 aromatic carbocycles. The molecule has 0 fully saturated rings. The van der Waals surface area contributed by atoms with Gasteiger partial charge < -0.3 is 5.32 Å². The molecule has 8 heteroatoms. The van der Waals surface area contributed by atoms with Gasteiger partial charge in [-0.3, -0.25) is 25.0 Å². The first-order valence-electron chi connectivity index (χ1n) is 4.96. The summed E-state index contributed by atoms with van der Waals surface area (Å²) in [6.07, 6.45) is 0. The Labute approximate surface area is 102 Å². The van der Waals surface area contributed by atoms with Crippen LogP contribution in [0.15, 0.2) is 6.07 Å².